The van der Waals surface area contributed by atoms with E-state index in [4.69, 9.17) is 16.3 Å². The number of anilines is 1. The molecule has 0 aliphatic heterocycles. The Morgan fingerprint density at radius 1 is 1.16 bits per heavy atom. The van der Waals surface area contributed by atoms with Gasteiger partial charge in [0.25, 0.3) is 0 Å². The highest BCUT2D eigenvalue weighted by Gasteiger charge is 2.29. The van der Waals surface area contributed by atoms with Crippen LogP contribution >= 0.6 is 11.6 Å². The van der Waals surface area contributed by atoms with Gasteiger partial charge in [-0.3, -0.25) is 13.9 Å². The number of hydrogen-bond donors (Lipinski definition) is 1. The summed E-state index contributed by atoms with van der Waals surface area (Å²) in [6.07, 6.45) is 1.02. The average Bonchev–Trinajstić information content (AvgIpc) is 2.74. The van der Waals surface area contributed by atoms with Gasteiger partial charge in [0.1, 0.15) is 18.3 Å². The van der Waals surface area contributed by atoms with Gasteiger partial charge in [0.15, 0.2) is 0 Å². The van der Waals surface area contributed by atoms with E-state index in [2.05, 4.69) is 5.32 Å². The van der Waals surface area contributed by atoms with Gasteiger partial charge in [0, 0.05) is 18.6 Å². The van der Waals surface area contributed by atoms with Gasteiger partial charge in [-0.2, -0.15) is 0 Å². The van der Waals surface area contributed by atoms with Crippen molar-refractivity contribution in [2.75, 3.05) is 31.3 Å². The summed E-state index contributed by atoms with van der Waals surface area (Å²) in [6.45, 7) is 1.22. The summed E-state index contributed by atoms with van der Waals surface area (Å²) in [5.41, 5.74) is 1.04. The van der Waals surface area contributed by atoms with Crippen molar-refractivity contribution in [3.63, 3.8) is 0 Å². The van der Waals surface area contributed by atoms with Crippen LogP contribution in [0.5, 0.6) is 5.75 Å². The second-order valence-electron chi connectivity index (χ2n) is 6.91. The number of methoxy groups -OCH3 is 1. The summed E-state index contributed by atoms with van der Waals surface area (Å²) in [5.74, 6) is -0.288. The Labute approximate surface area is 187 Å². The zero-order valence-corrected chi connectivity index (χ0v) is 19.4. The molecule has 0 fully saturated rings. The lowest BCUT2D eigenvalue weighted by molar-refractivity contribution is -0.139. The van der Waals surface area contributed by atoms with Gasteiger partial charge in [-0.15, -0.1) is 0 Å². The maximum Gasteiger partial charge on any atom is 0.244 e. The van der Waals surface area contributed by atoms with E-state index in [9.17, 15) is 18.0 Å². The lowest BCUT2D eigenvalue weighted by Gasteiger charge is -2.31. The summed E-state index contributed by atoms with van der Waals surface area (Å²) in [5, 5.41) is 2.97. The molecule has 0 aliphatic rings. The fourth-order valence-corrected chi connectivity index (χ4v) is 3.96. The molecular weight excluding hydrogens is 442 g/mol. The molecule has 0 aliphatic carbocycles. The van der Waals surface area contributed by atoms with Crippen LogP contribution in [0, 0.1) is 0 Å². The van der Waals surface area contributed by atoms with Crippen LogP contribution in [-0.2, 0) is 26.2 Å². The van der Waals surface area contributed by atoms with Crippen LogP contribution < -0.4 is 14.4 Å². The molecule has 0 heterocycles. The average molecular weight is 468 g/mol. The summed E-state index contributed by atoms with van der Waals surface area (Å²) in [6, 6.07) is 12.4. The maximum atomic E-state index is 13.2. The summed E-state index contributed by atoms with van der Waals surface area (Å²) in [4.78, 5) is 26.9. The Kier molecular flexibility index (Phi) is 8.29. The van der Waals surface area contributed by atoms with Gasteiger partial charge < -0.3 is 15.0 Å². The van der Waals surface area contributed by atoms with Crippen LogP contribution in [0.1, 0.15) is 12.5 Å². The lowest BCUT2D eigenvalue weighted by atomic mass is 10.1. The summed E-state index contributed by atoms with van der Waals surface area (Å²) in [7, 11) is -0.763. The molecule has 168 valence electrons. The van der Waals surface area contributed by atoms with E-state index in [0.717, 1.165) is 16.1 Å². The highest BCUT2D eigenvalue weighted by Crippen LogP contribution is 2.22. The van der Waals surface area contributed by atoms with Gasteiger partial charge in [-0.1, -0.05) is 23.7 Å². The largest absolute Gasteiger partial charge is 0.497 e. The van der Waals surface area contributed by atoms with Crippen molar-refractivity contribution < 1.29 is 22.7 Å². The minimum atomic E-state index is -3.77. The van der Waals surface area contributed by atoms with E-state index in [1.807, 2.05) is 0 Å². The fourth-order valence-electron chi connectivity index (χ4n) is 2.98. The van der Waals surface area contributed by atoms with Gasteiger partial charge in [0.05, 0.1) is 19.1 Å². The molecule has 8 nitrogen and oxygen atoms in total. The monoisotopic (exact) mass is 467 g/mol. The second-order valence-corrected chi connectivity index (χ2v) is 9.25. The van der Waals surface area contributed by atoms with Crippen LogP contribution in [0.3, 0.4) is 0 Å². The van der Waals surface area contributed by atoms with Crippen molar-refractivity contribution in [3.05, 3.63) is 59.1 Å². The zero-order chi connectivity index (χ0) is 23.2. The molecule has 0 aromatic heterocycles. The van der Waals surface area contributed by atoms with Gasteiger partial charge in [-0.05, 0) is 48.9 Å². The molecule has 0 bridgehead atoms. The Morgan fingerprint density at radius 3 is 2.35 bits per heavy atom. The van der Waals surface area contributed by atoms with Gasteiger partial charge in [0.2, 0.25) is 21.8 Å². The molecule has 10 heteroatoms. The van der Waals surface area contributed by atoms with Crippen LogP contribution in [0.4, 0.5) is 5.69 Å². The fraction of sp³-hybridized carbons (Fsp3) is 0.333. The van der Waals surface area contributed by atoms with Crippen LogP contribution in [0.25, 0.3) is 0 Å². The first kappa shape index (κ1) is 24.5. The minimum Gasteiger partial charge on any atom is -0.497 e. The number of benzene rings is 2. The normalized spacial score (nSPS) is 12.0. The van der Waals surface area contributed by atoms with Crippen molar-refractivity contribution in [1.29, 1.82) is 0 Å². The van der Waals surface area contributed by atoms with E-state index in [0.29, 0.717) is 16.5 Å². The molecule has 2 aromatic carbocycles. The lowest BCUT2D eigenvalue weighted by Crippen LogP contribution is -2.50. The molecular formula is C21H26ClN3O5S. The zero-order valence-electron chi connectivity index (χ0n) is 17.8. The molecule has 0 unspecified atom stereocenters. The molecule has 0 radical (unpaired) electrons. The number of carbonyl (C=O) groups is 2. The predicted molar refractivity (Wildman–Crippen MR) is 121 cm³/mol. The van der Waals surface area contributed by atoms with E-state index in [1.165, 1.54) is 31.2 Å². The third-order valence-corrected chi connectivity index (χ3v) is 6.09. The standard InChI is InChI=1S/C21H26ClN3O5S/c1-15(21(27)23-2)24(13-16-6-5-7-19(12-16)30-3)20(26)14-25(31(4,28)29)18-10-8-17(22)9-11-18/h5-12,15H,13-14H2,1-4H3,(H,23,27)/t15-/m0/s1. The Bertz CT molecular complexity index is 1030. The number of sulfonamides is 1. The number of likely N-dealkylation sites (N-methyl/N-ethyl adjacent to an activating group) is 1. The van der Waals surface area contributed by atoms with Crippen LogP contribution in [0.15, 0.2) is 48.5 Å². The van der Waals surface area contributed by atoms with Gasteiger partial charge >= 0.3 is 0 Å². The highest BCUT2D eigenvalue weighted by molar-refractivity contribution is 7.92. The number of carbonyl (C=O) groups excluding carboxylic acids is 2. The number of hydrogen-bond acceptors (Lipinski definition) is 5. The van der Waals surface area contributed by atoms with Gasteiger partial charge in [-0.25, -0.2) is 8.42 Å². The molecule has 1 atom stereocenters. The first-order valence-corrected chi connectivity index (χ1v) is 11.7. The number of amides is 2. The van der Waals surface area contributed by atoms with E-state index >= 15 is 0 Å². The van der Waals surface area contributed by atoms with Crippen molar-refractivity contribution in [2.24, 2.45) is 0 Å². The molecule has 31 heavy (non-hydrogen) atoms. The molecule has 2 amide bonds. The Balaban J connectivity index is 2.37. The number of nitrogens with one attached hydrogen (secondary N) is 1. The predicted octanol–water partition coefficient (Wildman–Crippen LogP) is 2.28. The molecule has 0 saturated heterocycles. The minimum absolute atomic E-state index is 0.100. The molecule has 0 saturated carbocycles. The third-order valence-electron chi connectivity index (χ3n) is 4.69. The van der Waals surface area contributed by atoms with Crippen molar-refractivity contribution in [2.45, 2.75) is 19.5 Å². The molecule has 2 aromatic rings. The number of nitrogens with zero attached hydrogens (tertiary/aromatic N) is 2. The van der Waals surface area contributed by atoms with E-state index in [1.54, 1.807) is 43.3 Å². The Hall–Kier alpha value is -2.78. The topological polar surface area (TPSA) is 96.0 Å². The van der Waals surface area contributed by atoms with Crippen molar-refractivity contribution >= 4 is 39.1 Å². The molecule has 0 spiro atoms. The van der Waals surface area contributed by atoms with E-state index < -0.39 is 28.5 Å². The van der Waals surface area contributed by atoms with Crippen molar-refractivity contribution in [3.8, 4) is 5.75 Å². The first-order chi connectivity index (χ1) is 14.6. The second kappa shape index (κ2) is 10.5. The first-order valence-electron chi connectivity index (χ1n) is 9.44. The number of halogens is 1. The summed E-state index contributed by atoms with van der Waals surface area (Å²) < 4.78 is 31.0. The SMILES string of the molecule is CNC(=O)[C@H](C)N(Cc1cccc(OC)c1)C(=O)CN(c1ccc(Cl)cc1)S(C)(=O)=O. The maximum absolute atomic E-state index is 13.2. The van der Waals surface area contributed by atoms with Crippen molar-refractivity contribution in [1.82, 2.24) is 10.2 Å². The van der Waals surface area contributed by atoms with Crippen LogP contribution in [0.2, 0.25) is 5.02 Å². The van der Waals surface area contributed by atoms with Crippen LogP contribution in [-0.4, -0.2) is 58.1 Å². The summed E-state index contributed by atoms with van der Waals surface area (Å²) >= 11 is 5.90. The number of ether oxygens (including phenoxy) is 1. The molecule has 1 N–H and O–H groups in total. The van der Waals surface area contributed by atoms with E-state index in [-0.39, 0.29) is 12.5 Å². The smallest absolute Gasteiger partial charge is 0.244 e. The Morgan fingerprint density at radius 2 is 1.81 bits per heavy atom. The molecule has 2 rings (SSSR count). The highest BCUT2D eigenvalue weighted by atomic mass is 35.5. The third kappa shape index (κ3) is 6.60. The number of rotatable bonds is 9. The quantitative estimate of drug-likeness (QED) is 0.610.